The molecule has 6 nitrogen and oxygen atoms in total. The van der Waals surface area contributed by atoms with Gasteiger partial charge in [0.1, 0.15) is 5.82 Å². The first-order valence-corrected chi connectivity index (χ1v) is 7.63. The third kappa shape index (κ3) is 4.96. The summed E-state index contributed by atoms with van der Waals surface area (Å²) in [5.74, 6) is 1.61. The van der Waals surface area contributed by atoms with Crippen molar-refractivity contribution in [3.05, 3.63) is 36.2 Å². The minimum atomic E-state index is -0.0358. The van der Waals surface area contributed by atoms with Crippen molar-refractivity contribution in [3.8, 4) is 0 Å². The highest BCUT2D eigenvalue weighted by Gasteiger charge is 2.10. The van der Waals surface area contributed by atoms with Crippen LogP contribution in [-0.2, 0) is 0 Å². The molecular weight excluding hydrogens is 278 g/mol. The smallest absolute Gasteiger partial charge is 0.232 e. The summed E-state index contributed by atoms with van der Waals surface area (Å²) in [5, 5.41) is 15.8. The van der Waals surface area contributed by atoms with Gasteiger partial charge in [0.05, 0.1) is 12.6 Å². The monoisotopic (exact) mass is 301 g/mol. The summed E-state index contributed by atoms with van der Waals surface area (Å²) in [7, 11) is 0. The Morgan fingerprint density at radius 2 is 1.82 bits per heavy atom. The molecule has 6 heteroatoms. The number of nitrogens with one attached hydrogen (secondary N) is 2. The Bertz CT molecular complexity index is 576. The third-order valence-corrected chi connectivity index (χ3v) is 3.24. The summed E-state index contributed by atoms with van der Waals surface area (Å²) in [6.07, 6.45) is 3.03. The van der Waals surface area contributed by atoms with E-state index in [0.29, 0.717) is 17.7 Å². The maximum Gasteiger partial charge on any atom is 0.232 e. The van der Waals surface area contributed by atoms with Gasteiger partial charge in [-0.1, -0.05) is 38.0 Å². The van der Waals surface area contributed by atoms with E-state index in [1.54, 1.807) is 0 Å². The van der Waals surface area contributed by atoms with Gasteiger partial charge in [-0.3, -0.25) is 0 Å². The van der Waals surface area contributed by atoms with Gasteiger partial charge in [-0.15, -0.1) is 0 Å². The molecule has 0 bridgehead atoms. The second-order valence-electron chi connectivity index (χ2n) is 5.19. The quantitative estimate of drug-likeness (QED) is 0.695. The second-order valence-corrected chi connectivity index (χ2v) is 5.19. The number of aromatic nitrogens is 3. The van der Waals surface area contributed by atoms with Gasteiger partial charge in [-0.25, -0.2) is 0 Å². The Kier molecular flexibility index (Phi) is 6.09. The summed E-state index contributed by atoms with van der Waals surface area (Å²) < 4.78 is 0. The van der Waals surface area contributed by atoms with E-state index in [0.717, 1.165) is 24.9 Å². The Hall–Kier alpha value is -2.21. The predicted molar refractivity (Wildman–Crippen MR) is 88.3 cm³/mol. The van der Waals surface area contributed by atoms with Gasteiger partial charge in [0.25, 0.3) is 0 Å². The first-order chi connectivity index (χ1) is 10.7. The molecule has 1 aromatic carbocycles. The first-order valence-electron chi connectivity index (χ1n) is 7.63. The predicted octanol–water partition coefficient (Wildman–Crippen LogP) is 2.89. The average molecular weight is 301 g/mol. The molecule has 0 radical (unpaired) electrons. The molecule has 1 atom stereocenters. The fraction of sp³-hybridized carbons (Fsp3) is 0.438. The van der Waals surface area contributed by atoms with E-state index < -0.39 is 0 Å². The molecule has 1 heterocycles. The van der Waals surface area contributed by atoms with Crippen LogP contribution in [0.1, 0.15) is 32.0 Å². The normalized spacial score (nSPS) is 12.0. The van der Waals surface area contributed by atoms with Gasteiger partial charge < -0.3 is 15.7 Å². The number of benzene rings is 1. The Balaban J connectivity index is 2.09. The van der Waals surface area contributed by atoms with E-state index in [-0.39, 0.29) is 12.6 Å². The molecule has 0 amide bonds. The maximum atomic E-state index is 9.44. The Morgan fingerprint density at radius 1 is 1.09 bits per heavy atom. The maximum absolute atomic E-state index is 9.44. The Morgan fingerprint density at radius 3 is 2.50 bits per heavy atom. The molecule has 0 aliphatic carbocycles. The molecular formula is C16H23N5O. The molecule has 2 aromatic rings. The van der Waals surface area contributed by atoms with E-state index >= 15 is 0 Å². The zero-order valence-electron chi connectivity index (χ0n) is 13.1. The van der Waals surface area contributed by atoms with Crippen LogP contribution in [0.4, 0.5) is 17.6 Å². The van der Waals surface area contributed by atoms with Gasteiger partial charge >= 0.3 is 0 Å². The molecule has 2 rings (SSSR count). The summed E-state index contributed by atoms with van der Waals surface area (Å²) in [6.45, 7) is 4.01. The minimum absolute atomic E-state index is 0.0358. The van der Waals surface area contributed by atoms with E-state index in [9.17, 15) is 5.11 Å². The van der Waals surface area contributed by atoms with E-state index in [4.69, 9.17) is 0 Å². The molecule has 1 aromatic heterocycles. The molecule has 0 saturated heterocycles. The van der Waals surface area contributed by atoms with Crippen LogP contribution in [0.25, 0.3) is 0 Å². The van der Waals surface area contributed by atoms with Crippen molar-refractivity contribution in [3.63, 3.8) is 0 Å². The number of hydrogen-bond donors (Lipinski definition) is 3. The highest BCUT2D eigenvalue weighted by atomic mass is 16.3. The summed E-state index contributed by atoms with van der Waals surface area (Å²) in [6, 6.07) is 9.71. The molecule has 0 fully saturated rings. The van der Waals surface area contributed by atoms with Gasteiger partial charge in [0.15, 0.2) is 0 Å². The number of para-hydroxylation sites is 1. The lowest BCUT2D eigenvalue weighted by atomic mass is 10.1. The molecule has 22 heavy (non-hydrogen) atoms. The van der Waals surface area contributed by atoms with E-state index in [1.165, 1.54) is 0 Å². The van der Waals surface area contributed by atoms with Crippen molar-refractivity contribution >= 4 is 17.6 Å². The topological polar surface area (TPSA) is 83.0 Å². The van der Waals surface area contributed by atoms with Crippen LogP contribution in [0.2, 0.25) is 0 Å². The molecule has 0 aliphatic heterocycles. The lowest BCUT2D eigenvalue weighted by Gasteiger charge is -2.16. The molecule has 3 N–H and O–H groups in total. The lowest BCUT2D eigenvalue weighted by molar-refractivity contribution is 0.266. The van der Waals surface area contributed by atoms with Gasteiger partial charge in [-0.05, 0) is 25.5 Å². The molecule has 0 unspecified atom stereocenters. The van der Waals surface area contributed by atoms with Crippen LogP contribution in [0, 0.1) is 6.92 Å². The van der Waals surface area contributed by atoms with Crippen LogP contribution >= 0.6 is 0 Å². The number of anilines is 3. The fourth-order valence-electron chi connectivity index (χ4n) is 2.10. The largest absolute Gasteiger partial charge is 0.394 e. The second kappa shape index (κ2) is 8.29. The highest BCUT2D eigenvalue weighted by molar-refractivity contribution is 5.53. The number of unbranched alkanes of at least 4 members (excludes halogenated alkanes) is 1. The standard InChI is InChI=1S/C16H23N5O/c1-3-4-8-14(11-22)20-16-18-12(2)17-15(21-16)19-13-9-6-5-7-10-13/h5-7,9-10,14,22H,3-4,8,11H2,1-2H3,(H2,17,18,19,20,21)/t14-/m1/s1. The molecule has 118 valence electrons. The fourth-order valence-corrected chi connectivity index (χ4v) is 2.10. The number of aliphatic hydroxyl groups is 1. The molecule has 0 spiro atoms. The van der Waals surface area contributed by atoms with Crippen molar-refractivity contribution < 1.29 is 5.11 Å². The Labute approximate surface area is 131 Å². The highest BCUT2D eigenvalue weighted by Crippen LogP contribution is 2.14. The summed E-state index contributed by atoms with van der Waals surface area (Å²) in [4.78, 5) is 12.9. The summed E-state index contributed by atoms with van der Waals surface area (Å²) in [5.41, 5.74) is 0.920. The minimum Gasteiger partial charge on any atom is -0.394 e. The van der Waals surface area contributed by atoms with Crippen molar-refractivity contribution in [1.29, 1.82) is 0 Å². The van der Waals surface area contributed by atoms with Crippen LogP contribution in [0.15, 0.2) is 30.3 Å². The number of nitrogens with zero attached hydrogens (tertiary/aromatic N) is 3. The van der Waals surface area contributed by atoms with E-state index in [2.05, 4.69) is 32.5 Å². The average Bonchev–Trinajstić information content (AvgIpc) is 2.52. The van der Waals surface area contributed by atoms with Crippen molar-refractivity contribution in [2.45, 2.75) is 39.2 Å². The van der Waals surface area contributed by atoms with Gasteiger partial charge in [-0.2, -0.15) is 15.0 Å². The van der Waals surface area contributed by atoms with Crippen LogP contribution in [0.5, 0.6) is 0 Å². The molecule has 0 saturated carbocycles. The van der Waals surface area contributed by atoms with Gasteiger partial charge in [0, 0.05) is 5.69 Å². The van der Waals surface area contributed by atoms with Crippen molar-refractivity contribution in [1.82, 2.24) is 15.0 Å². The van der Waals surface area contributed by atoms with Crippen LogP contribution < -0.4 is 10.6 Å². The number of hydrogen-bond acceptors (Lipinski definition) is 6. The third-order valence-electron chi connectivity index (χ3n) is 3.24. The number of rotatable bonds is 8. The lowest BCUT2D eigenvalue weighted by Crippen LogP contribution is -2.25. The zero-order chi connectivity index (χ0) is 15.8. The van der Waals surface area contributed by atoms with Crippen LogP contribution in [0.3, 0.4) is 0 Å². The van der Waals surface area contributed by atoms with Crippen molar-refractivity contribution in [2.24, 2.45) is 0 Å². The molecule has 0 aliphatic rings. The zero-order valence-corrected chi connectivity index (χ0v) is 13.1. The van der Waals surface area contributed by atoms with Crippen molar-refractivity contribution in [2.75, 3.05) is 17.2 Å². The van der Waals surface area contributed by atoms with E-state index in [1.807, 2.05) is 37.3 Å². The SMILES string of the molecule is CCCC[C@H](CO)Nc1nc(C)nc(Nc2ccccc2)n1. The number of aliphatic hydroxyl groups excluding tert-OH is 1. The van der Waals surface area contributed by atoms with Crippen LogP contribution in [-0.4, -0.2) is 32.7 Å². The van der Waals surface area contributed by atoms with Gasteiger partial charge in [0.2, 0.25) is 11.9 Å². The number of aryl methyl sites for hydroxylation is 1. The summed E-state index contributed by atoms with van der Waals surface area (Å²) >= 11 is 0. The first kappa shape index (κ1) is 16.2.